The number of hydrogen-bond acceptors (Lipinski definition) is 7. The molecule has 1 unspecified atom stereocenters. The number of imidazole rings is 1. The molecule has 6 rings (SSSR count). The van der Waals surface area contributed by atoms with Gasteiger partial charge in [-0.3, -0.25) is 4.40 Å². The predicted molar refractivity (Wildman–Crippen MR) is 125 cm³/mol. The molecule has 2 N–H and O–H groups in total. The highest BCUT2D eigenvalue weighted by Crippen LogP contribution is 2.36. The van der Waals surface area contributed by atoms with Crippen LogP contribution in [0.25, 0.3) is 29.1 Å². The fraction of sp³-hybridized carbons (Fsp3) is 0.280. The molecule has 9 heteroatoms. The van der Waals surface area contributed by atoms with Gasteiger partial charge in [0, 0.05) is 53.8 Å². The lowest BCUT2D eigenvalue weighted by Gasteiger charge is -2.32. The Hall–Kier alpha value is -4.03. The van der Waals surface area contributed by atoms with Crippen LogP contribution < -0.4 is 21.3 Å². The second-order valence-corrected chi connectivity index (χ2v) is 8.83. The maximum atomic E-state index is 14.7. The first kappa shape index (κ1) is 20.6. The van der Waals surface area contributed by atoms with E-state index in [0.717, 1.165) is 54.0 Å². The third kappa shape index (κ3) is 3.18. The Morgan fingerprint density at radius 2 is 2.06 bits per heavy atom. The summed E-state index contributed by atoms with van der Waals surface area (Å²) in [5.41, 5.74) is 10.4. The molecule has 0 radical (unpaired) electrons. The number of piperidine rings is 1. The molecule has 2 aliphatic rings. The van der Waals surface area contributed by atoms with Gasteiger partial charge >= 0.3 is 0 Å². The topological polar surface area (TPSA) is 109 Å². The average Bonchev–Trinajstić information content (AvgIpc) is 3.56. The summed E-state index contributed by atoms with van der Waals surface area (Å²) in [7, 11) is 0. The Morgan fingerprint density at radius 1 is 1.24 bits per heavy atom. The summed E-state index contributed by atoms with van der Waals surface area (Å²) in [5, 5.41) is 14.2. The normalized spacial score (nSPS) is 17.9. The molecule has 1 aliphatic carbocycles. The molecule has 1 fully saturated rings. The van der Waals surface area contributed by atoms with E-state index in [1.165, 1.54) is 12.1 Å². The van der Waals surface area contributed by atoms with Gasteiger partial charge < -0.3 is 15.2 Å². The van der Waals surface area contributed by atoms with Gasteiger partial charge in [0.05, 0.1) is 17.0 Å². The smallest absolute Gasteiger partial charge is 0.211 e. The third-order valence-electron chi connectivity index (χ3n) is 6.70. The molecular formula is C25H22FN7O. The summed E-state index contributed by atoms with van der Waals surface area (Å²) in [5.74, 6) is -0.00596. The SMILES string of the molecule is Cc1noc2c1=CC(c1c(-c3ccc(C#N)c(F)c3)nc(N3CCC(N)CC3)n3ccnc13)C=2. The van der Waals surface area contributed by atoms with Crippen molar-refractivity contribution >= 4 is 23.7 Å². The van der Waals surface area contributed by atoms with Crippen molar-refractivity contribution in [1.29, 1.82) is 5.26 Å². The molecule has 34 heavy (non-hydrogen) atoms. The molecule has 8 nitrogen and oxygen atoms in total. The molecule has 1 saturated heterocycles. The van der Waals surface area contributed by atoms with Crippen molar-refractivity contribution in [3.63, 3.8) is 0 Å². The van der Waals surface area contributed by atoms with E-state index < -0.39 is 5.82 Å². The van der Waals surface area contributed by atoms with Gasteiger partial charge in [0.2, 0.25) is 5.95 Å². The van der Waals surface area contributed by atoms with Crippen LogP contribution in [-0.2, 0) is 0 Å². The number of aryl methyl sites for hydroxylation is 1. The van der Waals surface area contributed by atoms with Crippen LogP contribution in [0.3, 0.4) is 0 Å². The standard InChI is InChI=1S/C25H22FN7O/c1-14-19-10-17(12-21(19)34-31-14)22-23(15-2-3-16(13-27)20(26)11-15)30-25(33-9-6-29-24(22)33)32-7-4-18(28)5-8-32/h2-3,6,9-12,17-18H,4-5,7-8,28H2,1H3. The number of halogens is 1. The number of nitrogens with zero attached hydrogens (tertiary/aromatic N) is 6. The Balaban J connectivity index is 1.60. The van der Waals surface area contributed by atoms with E-state index in [2.05, 4.69) is 21.1 Å². The Morgan fingerprint density at radius 3 is 2.79 bits per heavy atom. The molecule has 170 valence electrons. The lowest BCUT2D eigenvalue weighted by atomic mass is 9.95. The van der Waals surface area contributed by atoms with Gasteiger partial charge in [-0.25, -0.2) is 14.4 Å². The first-order valence-electron chi connectivity index (χ1n) is 11.3. The van der Waals surface area contributed by atoms with Crippen molar-refractivity contribution < 1.29 is 8.91 Å². The van der Waals surface area contributed by atoms with E-state index in [1.54, 1.807) is 12.3 Å². The zero-order valence-electron chi connectivity index (χ0n) is 18.6. The number of aromatic nitrogens is 4. The van der Waals surface area contributed by atoms with Crippen molar-refractivity contribution in [3.8, 4) is 17.3 Å². The van der Waals surface area contributed by atoms with E-state index in [9.17, 15) is 9.65 Å². The van der Waals surface area contributed by atoms with Crippen LogP contribution in [0.2, 0.25) is 0 Å². The minimum atomic E-state index is -0.576. The summed E-state index contributed by atoms with van der Waals surface area (Å²) in [6, 6.07) is 6.67. The zero-order chi connectivity index (χ0) is 23.4. The number of nitriles is 1. The van der Waals surface area contributed by atoms with Gasteiger partial charge in [-0.1, -0.05) is 17.3 Å². The number of nitrogens with two attached hydrogens (primary N) is 1. The van der Waals surface area contributed by atoms with Gasteiger partial charge in [0.15, 0.2) is 5.42 Å². The van der Waals surface area contributed by atoms with Crippen molar-refractivity contribution in [2.24, 2.45) is 5.73 Å². The van der Waals surface area contributed by atoms with Crippen molar-refractivity contribution in [2.75, 3.05) is 18.0 Å². The zero-order valence-corrected chi connectivity index (χ0v) is 18.6. The molecule has 0 saturated carbocycles. The first-order valence-corrected chi connectivity index (χ1v) is 11.3. The van der Waals surface area contributed by atoms with Crippen LogP contribution in [0.1, 0.15) is 35.6 Å². The number of rotatable bonds is 3. The quantitative estimate of drug-likeness (QED) is 0.503. The van der Waals surface area contributed by atoms with Crippen molar-refractivity contribution in [1.82, 2.24) is 19.5 Å². The van der Waals surface area contributed by atoms with E-state index in [1.807, 2.05) is 29.7 Å². The van der Waals surface area contributed by atoms with Crippen LogP contribution in [0.4, 0.5) is 10.3 Å². The monoisotopic (exact) mass is 455 g/mol. The van der Waals surface area contributed by atoms with Crippen molar-refractivity contribution in [3.05, 3.63) is 63.9 Å². The molecule has 4 heterocycles. The van der Waals surface area contributed by atoms with Gasteiger partial charge in [0.1, 0.15) is 17.5 Å². The second kappa shape index (κ2) is 7.78. The number of benzene rings is 1. The largest absolute Gasteiger partial charge is 0.356 e. The summed E-state index contributed by atoms with van der Waals surface area (Å²) < 4.78 is 22.1. The highest BCUT2D eigenvalue weighted by molar-refractivity contribution is 5.79. The molecule has 1 aliphatic heterocycles. The summed E-state index contributed by atoms with van der Waals surface area (Å²) in [6.07, 6.45) is 9.47. The maximum Gasteiger partial charge on any atom is 0.211 e. The van der Waals surface area contributed by atoms with Crippen LogP contribution in [-0.4, -0.2) is 38.7 Å². The minimum Gasteiger partial charge on any atom is -0.356 e. The van der Waals surface area contributed by atoms with E-state index in [0.29, 0.717) is 16.7 Å². The highest BCUT2D eigenvalue weighted by atomic mass is 19.1. The Labute approximate surface area is 194 Å². The second-order valence-electron chi connectivity index (χ2n) is 8.83. The van der Waals surface area contributed by atoms with E-state index in [-0.39, 0.29) is 17.5 Å². The maximum absolute atomic E-state index is 14.7. The van der Waals surface area contributed by atoms with Crippen LogP contribution in [0, 0.1) is 24.1 Å². The molecule has 0 amide bonds. The molecule has 3 aromatic heterocycles. The van der Waals surface area contributed by atoms with Gasteiger partial charge in [0.25, 0.3) is 0 Å². The van der Waals surface area contributed by atoms with Gasteiger partial charge in [-0.2, -0.15) is 5.26 Å². The first-order chi connectivity index (χ1) is 16.5. The molecule has 0 spiro atoms. The molecular weight excluding hydrogens is 433 g/mol. The van der Waals surface area contributed by atoms with Crippen LogP contribution >= 0.6 is 0 Å². The van der Waals surface area contributed by atoms with Crippen molar-refractivity contribution in [2.45, 2.75) is 31.7 Å². The van der Waals surface area contributed by atoms with Gasteiger partial charge in [-0.15, -0.1) is 0 Å². The fourth-order valence-electron chi connectivity index (χ4n) is 4.86. The number of hydrogen-bond donors (Lipinski definition) is 1. The van der Waals surface area contributed by atoms with Gasteiger partial charge in [-0.05, 0) is 38.0 Å². The highest BCUT2D eigenvalue weighted by Gasteiger charge is 2.28. The predicted octanol–water partition coefficient (Wildman–Crippen LogP) is 1.99. The number of fused-ring (bicyclic) bond motifs is 2. The van der Waals surface area contributed by atoms with E-state index >= 15 is 0 Å². The number of anilines is 1. The molecule has 4 aromatic rings. The summed E-state index contributed by atoms with van der Waals surface area (Å²) >= 11 is 0. The summed E-state index contributed by atoms with van der Waals surface area (Å²) in [6.45, 7) is 3.46. The average molecular weight is 455 g/mol. The van der Waals surface area contributed by atoms with Crippen LogP contribution in [0.5, 0.6) is 0 Å². The third-order valence-corrected chi connectivity index (χ3v) is 6.70. The fourth-order valence-corrected chi connectivity index (χ4v) is 4.86. The molecule has 0 bridgehead atoms. The lowest BCUT2D eigenvalue weighted by Crippen LogP contribution is -2.41. The summed E-state index contributed by atoms with van der Waals surface area (Å²) in [4.78, 5) is 12.0. The Bertz CT molecular complexity index is 1590. The molecule has 1 atom stereocenters. The van der Waals surface area contributed by atoms with E-state index in [4.69, 9.17) is 15.2 Å². The molecule has 1 aromatic carbocycles. The Kier molecular flexibility index (Phi) is 4.71. The van der Waals surface area contributed by atoms with Crippen LogP contribution in [0.15, 0.2) is 35.1 Å². The lowest BCUT2D eigenvalue weighted by molar-refractivity contribution is 0.389. The minimum absolute atomic E-state index is 0.00250.